The minimum absolute atomic E-state index is 0.615. The standard InChI is InChI=1S/C20H25N5/c1-16(2)11-17-3-4-18(13-21)20(12-17)25-9-7-24(8-10-25)15-19-14-22-5-6-23-19/h3-6,12,14,16H,7-11,15H2,1-2H3. The third-order valence-electron chi connectivity index (χ3n) is 4.54. The fourth-order valence-electron chi connectivity index (χ4n) is 3.32. The van der Waals surface area contributed by atoms with E-state index < -0.39 is 0 Å². The van der Waals surface area contributed by atoms with E-state index in [0.29, 0.717) is 5.92 Å². The van der Waals surface area contributed by atoms with Crippen molar-refractivity contribution >= 4 is 5.69 Å². The van der Waals surface area contributed by atoms with Crippen molar-refractivity contribution < 1.29 is 0 Å². The number of benzene rings is 1. The lowest BCUT2D eigenvalue weighted by Gasteiger charge is -2.36. The molecule has 1 aliphatic rings. The van der Waals surface area contributed by atoms with Gasteiger partial charge in [-0.3, -0.25) is 14.9 Å². The molecular weight excluding hydrogens is 310 g/mol. The van der Waals surface area contributed by atoms with E-state index in [0.717, 1.165) is 56.1 Å². The van der Waals surface area contributed by atoms with Crippen LogP contribution in [0.1, 0.15) is 30.7 Å². The third kappa shape index (κ3) is 4.55. The first-order valence-corrected chi connectivity index (χ1v) is 8.91. The van der Waals surface area contributed by atoms with Crippen molar-refractivity contribution in [3.63, 3.8) is 0 Å². The van der Waals surface area contributed by atoms with Gasteiger partial charge in [-0.1, -0.05) is 19.9 Å². The summed E-state index contributed by atoms with van der Waals surface area (Å²) in [6.45, 7) is 9.08. The summed E-state index contributed by atoms with van der Waals surface area (Å²) in [5, 5.41) is 9.47. The summed E-state index contributed by atoms with van der Waals surface area (Å²) in [7, 11) is 0. The second-order valence-corrected chi connectivity index (χ2v) is 7.02. The van der Waals surface area contributed by atoms with E-state index in [1.165, 1.54) is 5.56 Å². The van der Waals surface area contributed by atoms with Crippen molar-refractivity contribution in [3.8, 4) is 6.07 Å². The predicted molar refractivity (Wildman–Crippen MR) is 99.2 cm³/mol. The molecule has 1 aromatic carbocycles. The zero-order valence-corrected chi connectivity index (χ0v) is 15.0. The van der Waals surface area contributed by atoms with Gasteiger partial charge in [0, 0.05) is 51.3 Å². The first kappa shape index (κ1) is 17.4. The first-order valence-electron chi connectivity index (χ1n) is 8.91. The van der Waals surface area contributed by atoms with E-state index >= 15 is 0 Å². The van der Waals surface area contributed by atoms with Gasteiger partial charge in [0.15, 0.2) is 0 Å². The van der Waals surface area contributed by atoms with E-state index in [-0.39, 0.29) is 0 Å². The van der Waals surface area contributed by atoms with Crippen molar-refractivity contribution in [2.24, 2.45) is 5.92 Å². The van der Waals surface area contributed by atoms with Crippen molar-refractivity contribution in [1.29, 1.82) is 5.26 Å². The van der Waals surface area contributed by atoms with Crippen LogP contribution in [0.4, 0.5) is 5.69 Å². The molecule has 5 heteroatoms. The van der Waals surface area contributed by atoms with Crippen LogP contribution in [0.25, 0.3) is 0 Å². The number of nitriles is 1. The maximum atomic E-state index is 9.47. The van der Waals surface area contributed by atoms with E-state index in [1.54, 1.807) is 12.4 Å². The molecule has 0 spiro atoms. The van der Waals surface area contributed by atoms with Crippen LogP contribution in [0.3, 0.4) is 0 Å². The second kappa shape index (κ2) is 8.09. The molecule has 1 saturated heterocycles. The van der Waals surface area contributed by atoms with Gasteiger partial charge < -0.3 is 4.90 Å². The number of hydrogen-bond donors (Lipinski definition) is 0. The van der Waals surface area contributed by atoms with Gasteiger partial charge in [-0.2, -0.15) is 5.26 Å². The molecule has 0 radical (unpaired) electrons. The minimum atomic E-state index is 0.615. The highest BCUT2D eigenvalue weighted by Gasteiger charge is 2.20. The molecule has 0 amide bonds. The van der Waals surface area contributed by atoms with Crippen LogP contribution >= 0.6 is 0 Å². The topological polar surface area (TPSA) is 56.1 Å². The fourth-order valence-corrected chi connectivity index (χ4v) is 3.32. The monoisotopic (exact) mass is 335 g/mol. The molecule has 0 N–H and O–H groups in total. The Bertz CT molecular complexity index is 727. The van der Waals surface area contributed by atoms with Gasteiger partial charge in [-0.15, -0.1) is 0 Å². The Hall–Kier alpha value is -2.45. The van der Waals surface area contributed by atoms with Gasteiger partial charge in [-0.25, -0.2) is 0 Å². The number of rotatable bonds is 5. The van der Waals surface area contributed by atoms with Crippen LogP contribution < -0.4 is 4.90 Å². The van der Waals surface area contributed by atoms with Crippen LogP contribution in [-0.2, 0) is 13.0 Å². The highest BCUT2D eigenvalue weighted by atomic mass is 15.3. The second-order valence-electron chi connectivity index (χ2n) is 7.02. The van der Waals surface area contributed by atoms with Gasteiger partial charge in [-0.05, 0) is 30.0 Å². The van der Waals surface area contributed by atoms with Crippen molar-refractivity contribution in [3.05, 3.63) is 53.6 Å². The minimum Gasteiger partial charge on any atom is -0.368 e. The zero-order chi connectivity index (χ0) is 17.6. The maximum absolute atomic E-state index is 9.47. The third-order valence-corrected chi connectivity index (χ3v) is 4.54. The molecular formula is C20H25N5. The van der Waals surface area contributed by atoms with Crippen molar-refractivity contribution in [2.45, 2.75) is 26.8 Å². The van der Waals surface area contributed by atoms with Crippen LogP contribution in [0.5, 0.6) is 0 Å². The normalized spacial score (nSPS) is 15.4. The Kier molecular flexibility index (Phi) is 5.62. The summed E-state index contributed by atoms with van der Waals surface area (Å²) >= 11 is 0. The van der Waals surface area contributed by atoms with Gasteiger partial charge in [0.05, 0.1) is 16.9 Å². The smallest absolute Gasteiger partial charge is 0.101 e. The highest BCUT2D eigenvalue weighted by molar-refractivity contribution is 5.61. The van der Waals surface area contributed by atoms with Gasteiger partial charge >= 0.3 is 0 Å². The number of aromatic nitrogens is 2. The van der Waals surface area contributed by atoms with Gasteiger partial charge in [0.2, 0.25) is 0 Å². The fraction of sp³-hybridized carbons (Fsp3) is 0.450. The highest BCUT2D eigenvalue weighted by Crippen LogP contribution is 2.25. The Labute approximate surface area is 149 Å². The van der Waals surface area contributed by atoms with Crippen molar-refractivity contribution in [1.82, 2.24) is 14.9 Å². The summed E-state index contributed by atoms with van der Waals surface area (Å²) in [6.07, 6.45) is 6.32. The summed E-state index contributed by atoms with van der Waals surface area (Å²) < 4.78 is 0. The zero-order valence-electron chi connectivity index (χ0n) is 15.0. The molecule has 0 bridgehead atoms. The lowest BCUT2D eigenvalue weighted by Crippen LogP contribution is -2.46. The first-order chi connectivity index (χ1) is 12.2. The molecule has 0 saturated carbocycles. The summed E-state index contributed by atoms with van der Waals surface area (Å²) in [5.41, 5.74) is 4.17. The predicted octanol–water partition coefficient (Wildman–Crippen LogP) is 2.87. The Morgan fingerprint density at radius 2 is 1.96 bits per heavy atom. The average Bonchev–Trinajstić information content (AvgIpc) is 2.63. The van der Waals surface area contributed by atoms with Gasteiger partial charge in [0.1, 0.15) is 6.07 Å². The Morgan fingerprint density at radius 3 is 2.60 bits per heavy atom. The lowest BCUT2D eigenvalue weighted by molar-refractivity contribution is 0.247. The summed E-state index contributed by atoms with van der Waals surface area (Å²) in [6, 6.07) is 8.62. The molecule has 0 aliphatic carbocycles. The molecule has 1 aromatic heterocycles. The maximum Gasteiger partial charge on any atom is 0.101 e. The Balaban J connectivity index is 1.66. The van der Waals surface area contributed by atoms with E-state index in [1.807, 2.05) is 12.3 Å². The van der Waals surface area contributed by atoms with E-state index in [4.69, 9.17) is 0 Å². The summed E-state index contributed by atoms with van der Waals surface area (Å²) in [4.78, 5) is 13.2. The molecule has 1 aliphatic heterocycles. The average molecular weight is 335 g/mol. The van der Waals surface area contributed by atoms with Crippen LogP contribution in [-0.4, -0.2) is 41.0 Å². The van der Waals surface area contributed by atoms with Gasteiger partial charge in [0.25, 0.3) is 0 Å². The SMILES string of the molecule is CC(C)Cc1ccc(C#N)c(N2CCN(Cc3cnccn3)CC2)c1. The number of piperazine rings is 1. The molecule has 2 aromatic rings. The van der Waals surface area contributed by atoms with Crippen LogP contribution in [0.2, 0.25) is 0 Å². The number of anilines is 1. The number of nitrogens with zero attached hydrogens (tertiary/aromatic N) is 5. The van der Waals surface area contributed by atoms with E-state index in [9.17, 15) is 5.26 Å². The lowest BCUT2D eigenvalue weighted by atomic mass is 10.00. The van der Waals surface area contributed by atoms with Crippen molar-refractivity contribution in [2.75, 3.05) is 31.1 Å². The molecule has 130 valence electrons. The molecule has 0 unspecified atom stereocenters. The number of hydrogen-bond acceptors (Lipinski definition) is 5. The van der Waals surface area contributed by atoms with Crippen LogP contribution in [0, 0.1) is 17.2 Å². The molecule has 1 fully saturated rings. The van der Waals surface area contributed by atoms with Crippen LogP contribution in [0.15, 0.2) is 36.8 Å². The molecule has 2 heterocycles. The molecule has 25 heavy (non-hydrogen) atoms. The van der Waals surface area contributed by atoms with E-state index in [2.05, 4.69) is 51.8 Å². The summed E-state index contributed by atoms with van der Waals surface area (Å²) in [5.74, 6) is 0.615. The molecule has 0 atom stereocenters. The Morgan fingerprint density at radius 1 is 1.16 bits per heavy atom. The molecule has 3 rings (SSSR count). The largest absolute Gasteiger partial charge is 0.368 e. The molecule has 5 nitrogen and oxygen atoms in total. The quantitative estimate of drug-likeness (QED) is 0.841.